The molecule has 17 heavy (non-hydrogen) atoms. The summed E-state index contributed by atoms with van der Waals surface area (Å²) >= 11 is 5.97. The topological polar surface area (TPSA) is 37.8 Å². The molecule has 2 aromatic rings. The van der Waals surface area contributed by atoms with Crippen molar-refractivity contribution in [2.45, 2.75) is 25.3 Å². The zero-order valence-electron chi connectivity index (χ0n) is 9.70. The molecule has 4 heteroatoms. The maximum atomic E-state index is 5.97. The molecule has 0 saturated heterocycles. The van der Waals surface area contributed by atoms with Crippen LogP contribution in [0.3, 0.4) is 0 Å². The first-order valence-corrected chi connectivity index (χ1v) is 6.33. The minimum atomic E-state index is 0.0590. The first-order valence-electron chi connectivity index (χ1n) is 5.80. The largest absolute Gasteiger partial charge is 0.362 e. The fraction of sp³-hybridized carbons (Fsp3) is 0.385. The van der Waals surface area contributed by atoms with E-state index in [9.17, 15) is 0 Å². The van der Waals surface area contributed by atoms with Crippen LogP contribution in [0.4, 0.5) is 5.82 Å². The normalized spacial score (nSPS) is 17.1. The Hall–Kier alpha value is -1.35. The van der Waals surface area contributed by atoms with Crippen molar-refractivity contribution in [1.82, 2.24) is 9.97 Å². The Morgan fingerprint density at radius 3 is 2.47 bits per heavy atom. The number of para-hydroxylation sites is 2. The Kier molecular flexibility index (Phi) is 2.44. The Balaban J connectivity index is 2.01. The molecule has 0 radical (unpaired) electrons. The van der Waals surface area contributed by atoms with Crippen LogP contribution in [0.2, 0.25) is 0 Å². The van der Waals surface area contributed by atoms with E-state index >= 15 is 0 Å². The van der Waals surface area contributed by atoms with Gasteiger partial charge in [0.2, 0.25) is 0 Å². The fourth-order valence-corrected chi connectivity index (χ4v) is 2.23. The van der Waals surface area contributed by atoms with Crippen molar-refractivity contribution < 1.29 is 0 Å². The van der Waals surface area contributed by atoms with Crippen LogP contribution in [-0.2, 0) is 0 Å². The number of hydrogen-bond donors (Lipinski definition) is 1. The van der Waals surface area contributed by atoms with Crippen molar-refractivity contribution in [1.29, 1.82) is 0 Å². The molecule has 1 heterocycles. The minimum Gasteiger partial charge on any atom is -0.362 e. The molecule has 1 saturated carbocycles. The minimum absolute atomic E-state index is 0.0590. The highest BCUT2D eigenvalue weighted by Crippen LogP contribution is 2.40. The summed E-state index contributed by atoms with van der Waals surface area (Å²) in [5, 5.41) is 3.43. The van der Waals surface area contributed by atoms with Crippen molar-refractivity contribution in [3.05, 3.63) is 30.0 Å². The SMILES string of the molecule is Cc1nc2ccccc2nc1NC1(CCl)CC1. The van der Waals surface area contributed by atoms with Gasteiger partial charge in [0.1, 0.15) is 5.82 Å². The molecular formula is C13H14ClN3. The van der Waals surface area contributed by atoms with E-state index in [1.54, 1.807) is 0 Å². The van der Waals surface area contributed by atoms with Crippen molar-refractivity contribution in [3.63, 3.8) is 0 Å². The molecule has 0 unspecified atom stereocenters. The molecular weight excluding hydrogens is 234 g/mol. The zero-order valence-corrected chi connectivity index (χ0v) is 10.5. The number of nitrogens with zero attached hydrogens (tertiary/aromatic N) is 2. The van der Waals surface area contributed by atoms with Gasteiger partial charge in [-0.25, -0.2) is 9.97 Å². The lowest BCUT2D eigenvalue weighted by molar-refractivity contribution is 0.826. The van der Waals surface area contributed by atoms with Crippen LogP contribution in [0.25, 0.3) is 11.0 Å². The summed E-state index contributed by atoms with van der Waals surface area (Å²) in [6.07, 6.45) is 2.23. The van der Waals surface area contributed by atoms with Gasteiger partial charge in [-0.1, -0.05) is 12.1 Å². The van der Waals surface area contributed by atoms with E-state index in [2.05, 4.69) is 15.3 Å². The third-order valence-corrected chi connectivity index (χ3v) is 3.75. The van der Waals surface area contributed by atoms with E-state index in [1.165, 1.54) is 0 Å². The Labute approximate surface area is 105 Å². The lowest BCUT2D eigenvalue weighted by Crippen LogP contribution is -2.24. The van der Waals surface area contributed by atoms with Crippen LogP contribution in [0.1, 0.15) is 18.5 Å². The van der Waals surface area contributed by atoms with Gasteiger partial charge in [-0.15, -0.1) is 11.6 Å². The number of nitrogens with one attached hydrogen (secondary N) is 1. The molecule has 1 aromatic carbocycles. The summed E-state index contributed by atoms with van der Waals surface area (Å²) in [7, 11) is 0. The summed E-state index contributed by atoms with van der Waals surface area (Å²) in [6.45, 7) is 1.98. The summed E-state index contributed by atoms with van der Waals surface area (Å²) in [5.74, 6) is 1.49. The molecule has 0 spiro atoms. The summed E-state index contributed by atoms with van der Waals surface area (Å²) in [6, 6.07) is 7.91. The van der Waals surface area contributed by atoms with Gasteiger partial charge in [0, 0.05) is 5.88 Å². The number of aryl methyl sites for hydroxylation is 1. The Bertz CT molecular complexity index is 564. The number of aromatic nitrogens is 2. The highest BCUT2D eigenvalue weighted by Gasteiger charge is 2.42. The Morgan fingerprint density at radius 2 is 1.88 bits per heavy atom. The molecule has 1 fully saturated rings. The standard InChI is InChI=1S/C13H14ClN3/c1-9-12(17-13(8-14)6-7-13)16-11-5-3-2-4-10(11)15-9/h2-5H,6-8H2,1H3,(H,16,17). The van der Waals surface area contributed by atoms with Crippen molar-refractivity contribution in [2.75, 3.05) is 11.2 Å². The lowest BCUT2D eigenvalue weighted by atomic mass is 10.2. The van der Waals surface area contributed by atoms with Gasteiger partial charge in [-0.2, -0.15) is 0 Å². The number of fused-ring (bicyclic) bond motifs is 1. The third kappa shape index (κ3) is 1.95. The molecule has 1 aliphatic carbocycles. The van der Waals surface area contributed by atoms with Crippen LogP contribution < -0.4 is 5.32 Å². The summed E-state index contributed by atoms with van der Waals surface area (Å²) < 4.78 is 0. The van der Waals surface area contributed by atoms with Gasteiger partial charge in [0.25, 0.3) is 0 Å². The first-order chi connectivity index (χ1) is 8.22. The predicted molar refractivity (Wildman–Crippen MR) is 70.6 cm³/mol. The lowest BCUT2D eigenvalue weighted by Gasteiger charge is -2.16. The van der Waals surface area contributed by atoms with E-state index in [0.29, 0.717) is 5.88 Å². The molecule has 0 amide bonds. The second-order valence-electron chi connectivity index (χ2n) is 4.69. The number of halogens is 1. The van der Waals surface area contributed by atoms with Gasteiger partial charge in [0.15, 0.2) is 0 Å². The zero-order chi connectivity index (χ0) is 11.9. The van der Waals surface area contributed by atoms with Crippen LogP contribution in [0.15, 0.2) is 24.3 Å². The summed E-state index contributed by atoms with van der Waals surface area (Å²) in [5.41, 5.74) is 2.85. The maximum Gasteiger partial charge on any atom is 0.148 e. The fourth-order valence-electron chi connectivity index (χ4n) is 1.90. The molecule has 1 N–H and O–H groups in total. The van der Waals surface area contributed by atoms with Gasteiger partial charge >= 0.3 is 0 Å². The average Bonchev–Trinajstić information content (AvgIpc) is 3.11. The van der Waals surface area contributed by atoms with E-state index < -0.39 is 0 Å². The van der Waals surface area contributed by atoms with Crippen LogP contribution in [0, 0.1) is 6.92 Å². The van der Waals surface area contributed by atoms with E-state index in [0.717, 1.165) is 35.4 Å². The molecule has 0 atom stereocenters. The van der Waals surface area contributed by atoms with Gasteiger partial charge < -0.3 is 5.32 Å². The van der Waals surface area contributed by atoms with Crippen LogP contribution in [0.5, 0.6) is 0 Å². The Morgan fingerprint density at radius 1 is 1.24 bits per heavy atom. The molecule has 88 valence electrons. The van der Waals surface area contributed by atoms with Crippen molar-refractivity contribution >= 4 is 28.5 Å². The maximum absolute atomic E-state index is 5.97. The van der Waals surface area contributed by atoms with Crippen molar-refractivity contribution in [2.24, 2.45) is 0 Å². The van der Waals surface area contributed by atoms with Gasteiger partial charge in [-0.05, 0) is 31.9 Å². The predicted octanol–water partition coefficient (Wildman–Crippen LogP) is 3.12. The monoisotopic (exact) mass is 247 g/mol. The molecule has 0 bridgehead atoms. The summed E-state index contributed by atoms with van der Waals surface area (Å²) in [4.78, 5) is 9.17. The quantitative estimate of drug-likeness (QED) is 0.847. The molecule has 3 rings (SSSR count). The van der Waals surface area contributed by atoms with E-state index in [1.807, 2.05) is 31.2 Å². The average molecular weight is 248 g/mol. The third-order valence-electron chi connectivity index (χ3n) is 3.24. The molecule has 1 aliphatic rings. The number of rotatable bonds is 3. The number of anilines is 1. The second-order valence-corrected chi connectivity index (χ2v) is 4.95. The molecule has 3 nitrogen and oxygen atoms in total. The number of alkyl halides is 1. The molecule has 0 aliphatic heterocycles. The smallest absolute Gasteiger partial charge is 0.148 e. The first kappa shape index (κ1) is 10.8. The van der Waals surface area contributed by atoms with E-state index in [-0.39, 0.29) is 5.54 Å². The van der Waals surface area contributed by atoms with Crippen molar-refractivity contribution in [3.8, 4) is 0 Å². The highest BCUT2D eigenvalue weighted by atomic mass is 35.5. The van der Waals surface area contributed by atoms with Gasteiger partial charge in [-0.3, -0.25) is 0 Å². The molecule has 1 aromatic heterocycles. The number of benzene rings is 1. The number of hydrogen-bond acceptors (Lipinski definition) is 3. The second kappa shape index (κ2) is 3.84. The van der Waals surface area contributed by atoms with Crippen LogP contribution in [-0.4, -0.2) is 21.4 Å². The van der Waals surface area contributed by atoms with E-state index in [4.69, 9.17) is 11.6 Å². The highest BCUT2D eigenvalue weighted by molar-refractivity contribution is 6.19. The van der Waals surface area contributed by atoms with Gasteiger partial charge in [0.05, 0.1) is 22.3 Å². The van der Waals surface area contributed by atoms with Crippen LogP contribution >= 0.6 is 11.6 Å².